The Labute approximate surface area is 121 Å². The normalized spacial score (nSPS) is 10.3. The summed E-state index contributed by atoms with van der Waals surface area (Å²) in [6, 6.07) is 6.27. The first-order valence-corrected chi connectivity index (χ1v) is 6.61. The number of nitrogens with zero attached hydrogens (tertiary/aromatic N) is 4. The van der Waals surface area contributed by atoms with Crippen LogP contribution in [-0.2, 0) is 0 Å². The molecule has 0 aliphatic heterocycles. The quantitative estimate of drug-likeness (QED) is 0.475. The lowest BCUT2D eigenvalue weighted by Gasteiger charge is -2.07. The first-order chi connectivity index (χ1) is 10.1. The Bertz CT molecular complexity index is 646. The summed E-state index contributed by atoms with van der Waals surface area (Å²) >= 11 is 0. The molecule has 0 spiro atoms. The summed E-state index contributed by atoms with van der Waals surface area (Å²) in [5, 5.41) is 14.1. The van der Waals surface area contributed by atoms with Gasteiger partial charge in [-0.25, -0.2) is 0 Å². The first kappa shape index (κ1) is 14.6. The van der Waals surface area contributed by atoms with E-state index in [9.17, 15) is 10.1 Å². The van der Waals surface area contributed by atoms with Gasteiger partial charge in [-0.05, 0) is 12.5 Å². The number of hydrogen-bond donors (Lipinski definition) is 2. The fraction of sp³-hybridized carbons (Fsp3) is 0.308. The van der Waals surface area contributed by atoms with Gasteiger partial charge in [0.2, 0.25) is 11.9 Å². The Kier molecular flexibility index (Phi) is 4.60. The second-order valence-electron chi connectivity index (χ2n) is 4.40. The van der Waals surface area contributed by atoms with Crippen LogP contribution in [0.4, 0.5) is 17.6 Å². The van der Waals surface area contributed by atoms with E-state index in [1.165, 1.54) is 6.07 Å². The number of nitrogen functional groups attached to an aromatic ring is 1. The minimum Gasteiger partial charge on any atom is -0.368 e. The predicted octanol–water partition coefficient (Wildman–Crippen LogP) is 2.24. The fourth-order valence-corrected chi connectivity index (χ4v) is 1.79. The molecular weight excluding hydrogens is 272 g/mol. The number of unbranched alkanes of at least 4 members (excludes halogenated alkanes) is 1. The van der Waals surface area contributed by atoms with Crippen molar-refractivity contribution in [3.8, 4) is 11.4 Å². The van der Waals surface area contributed by atoms with E-state index in [1.807, 2.05) is 0 Å². The lowest BCUT2D eigenvalue weighted by Crippen LogP contribution is -2.09. The number of nitro benzene ring substituents is 1. The van der Waals surface area contributed by atoms with Gasteiger partial charge in [0, 0.05) is 12.6 Å². The standard InChI is InChI=1S/C13H16N6O2/c1-2-3-8-15-13-17-11(16-12(14)18-13)9-6-4-5-7-10(9)19(20)21/h4-7H,2-3,8H2,1H3,(H3,14,15,16,17,18). The Morgan fingerprint density at radius 1 is 1.29 bits per heavy atom. The number of anilines is 2. The molecule has 0 atom stereocenters. The molecule has 8 heteroatoms. The number of para-hydroxylation sites is 1. The highest BCUT2D eigenvalue weighted by Gasteiger charge is 2.17. The third kappa shape index (κ3) is 3.62. The molecule has 110 valence electrons. The van der Waals surface area contributed by atoms with Crippen LogP contribution in [0.2, 0.25) is 0 Å². The Balaban J connectivity index is 2.38. The van der Waals surface area contributed by atoms with Crippen molar-refractivity contribution < 1.29 is 4.92 Å². The molecule has 0 saturated carbocycles. The van der Waals surface area contributed by atoms with E-state index in [0.717, 1.165) is 12.8 Å². The molecule has 0 fully saturated rings. The maximum absolute atomic E-state index is 11.1. The zero-order chi connectivity index (χ0) is 15.2. The molecule has 3 N–H and O–H groups in total. The van der Waals surface area contributed by atoms with E-state index in [2.05, 4.69) is 27.2 Å². The van der Waals surface area contributed by atoms with Crippen LogP contribution in [0.1, 0.15) is 19.8 Å². The number of benzene rings is 1. The minimum atomic E-state index is -0.473. The lowest BCUT2D eigenvalue weighted by molar-refractivity contribution is -0.384. The van der Waals surface area contributed by atoms with Crippen molar-refractivity contribution >= 4 is 17.6 Å². The van der Waals surface area contributed by atoms with Crippen LogP contribution >= 0.6 is 0 Å². The van der Waals surface area contributed by atoms with Crippen molar-refractivity contribution in [3.05, 3.63) is 34.4 Å². The maximum Gasteiger partial charge on any atom is 0.280 e. The fourth-order valence-electron chi connectivity index (χ4n) is 1.79. The zero-order valence-electron chi connectivity index (χ0n) is 11.6. The van der Waals surface area contributed by atoms with Gasteiger partial charge in [0.15, 0.2) is 5.82 Å². The Morgan fingerprint density at radius 2 is 2.05 bits per heavy atom. The summed E-state index contributed by atoms with van der Waals surface area (Å²) in [5.74, 6) is 0.537. The second-order valence-corrected chi connectivity index (χ2v) is 4.40. The van der Waals surface area contributed by atoms with Gasteiger partial charge in [-0.3, -0.25) is 10.1 Å². The van der Waals surface area contributed by atoms with Crippen LogP contribution in [0.15, 0.2) is 24.3 Å². The van der Waals surface area contributed by atoms with Crippen molar-refractivity contribution in [2.24, 2.45) is 0 Å². The average Bonchev–Trinajstić information content (AvgIpc) is 2.47. The molecule has 0 aliphatic rings. The van der Waals surface area contributed by atoms with Crippen LogP contribution in [0.25, 0.3) is 11.4 Å². The molecule has 2 aromatic rings. The van der Waals surface area contributed by atoms with E-state index >= 15 is 0 Å². The summed E-state index contributed by atoms with van der Waals surface area (Å²) in [5.41, 5.74) is 5.90. The summed E-state index contributed by atoms with van der Waals surface area (Å²) in [6.45, 7) is 2.78. The van der Waals surface area contributed by atoms with E-state index < -0.39 is 4.92 Å². The predicted molar refractivity (Wildman–Crippen MR) is 79.7 cm³/mol. The number of nitrogens with one attached hydrogen (secondary N) is 1. The van der Waals surface area contributed by atoms with Gasteiger partial charge >= 0.3 is 0 Å². The van der Waals surface area contributed by atoms with E-state index in [0.29, 0.717) is 18.1 Å². The third-order valence-electron chi connectivity index (χ3n) is 2.81. The molecule has 0 unspecified atom stereocenters. The molecule has 1 aromatic carbocycles. The molecule has 0 aliphatic carbocycles. The van der Waals surface area contributed by atoms with Gasteiger partial charge in [0.05, 0.1) is 10.5 Å². The molecule has 21 heavy (non-hydrogen) atoms. The summed E-state index contributed by atoms with van der Waals surface area (Å²) in [7, 11) is 0. The Morgan fingerprint density at radius 3 is 2.76 bits per heavy atom. The molecule has 0 radical (unpaired) electrons. The SMILES string of the molecule is CCCCNc1nc(N)nc(-c2ccccc2[N+](=O)[O-])n1. The number of aromatic nitrogens is 3. The summed E-state index contributed by atoms with van der Waals surface area (Å²) in [6.07, 6.45) is 2.00. The molecule has 1 heterocycles. The van der Waals surface area contributed by atoms with Crippen molar-refractivity contribution in [2.75, 3.05) is 17.6 Å². The molecule has 2 rings (SSSR count). The molecule has 0 amide bonds. The van der Waals surface area contributed by atoms with Crippen molar-refractivity contribution in [1.29, 1.82) is 0 Å². The van der Waals surface area contributed by atoms with E-state index in [-0.39, 0.29) is 17.5 Å². The lowest BCUT2D eigenvalue weighted by atomic mass is 10.1. The number of nitro groups is 1. The highest BCUT2D eigenvalue weighted by atomic mass is 16.6. The van der Waals surface area contributed by atoms with Gasteiger partial charge in [0.1, 0.15) is 0 Å². The van der Waals surface area contributed by atoms with Crippen LogP contribution in [-0.4, -0.2) is 26.4 Å². The molecule has 8 nitrogen and oxygen atoms in total. The number of rotatable bonds is 6. The van der Waals surface area contributed by atoms with Crippen molar-refractivity contribution in [1.82, 2.24) is 15.0 Å². The highest BCUT2D eigenvalue weighted by molar-refractivity contribution is 5.68. The first-order valence-electron chi connectivity index (χ1n) is 6.61. The zero-order valence-corrected chi connectivity index (χ0v) is 11.6. The van der Waals surface area contributed by atoms with Gasteiger partial charge in [-0.15, -0.1) is 0 Å². The van der Waals surface area contributed by atoms with E-state index in [4.69, 9.17) is 5.73 Å². The average molecular weight is 288 g/mol. The molecule has 0 saturated heterocycles. The molecule has 1 aromatic heterocycles. The van der Waals surface area contributed by atoms with Gasteiger partial charge in [-0.1, -0.05) is 25.5 Å². The van der Waals surface area contributed by atoms with Crippen molar-refractivity contribution in [3.63, 3.8) is 0 Å². The maximum atomic E-state index is 11.1. The van der Waals surface area contributed by atoms with Crippen LogP contribution in [0, 0.1) is 10.1 Å². The van der Waals surface area contributed by atoms with Gasteiger partial charge < -0.3 is 11.1 Å². The molecule has 0 bridgehead atoms. The highest BCUT2D eigenvalue weighted by Crippen LogP contribution is 2.27. The second kappa shape index (κ2) is 6.60. The van der Waals surface area contributed by atoms with Gasteiger partial charge in [-0.2, -0.15) is 15.0 Å². The molecular formula is C13H16N6O2. The monoisotopic (exact) mass is 288 g/mol. The van der Waals surface area contributed by atoms with Crippen LogP contribution in [0.5, 0.6) is 0 Å². The van der Waals surface area contributed by atoms with Crippen molar-refractivity contribution in [2.45, 2.75) is 19.8 Å². The smallest absolute Gasteiger partial charge is 0.280 e. The summed E-state index contributed by atoms with van der Waals surface area (Å²) < 4.78 is 0. The van der Waals surface area contributed by atoms with E-state index in [1.54, 1.807) is 18.2 Å². The topological polar surface area (TPSA) is 120 Å². The summed E-state index contributed by atoms with van der Waals surface area (Å²) in [4.78, 5) is 22.8. The largest absolute Gasteiger partial charge is 0.368 e. The van der Waals surface area contributed by atoms with Crippen LogP contribution < -0.4 is 11.1 Å². The van der Waals surface area contributed by atoms with Gasteiger partial charge in [0.25, 0.3) is 5.69 Å². The third-order valence-corrected chi connectivity index (χ3v) is 2.81. The van der Waals surface area contributed by atoms with Crippen LogP contribution in [0.3, 0.4) is 0 Å². The Hall–Kier alpha value is -2.77. The number of hydrogen-bond acceptors (Lipinski definition) is 7. The minimum absolute atomic E-state index is 0.0251. The number of nitrogens with two attached hydrogens (primary N) is 1.